The van der Waals surface area contributed by atoms with Crippen LogP contribution in [-0.4, -0.2) is 39.6 Å². The molecule has 0 aliphatic carbocycles. The SMILES string of the molecule is CCS(=O)(=O)CCOC(=O)c1ccc(N)cc1OC. The molecule has 0 aliphatic heterocycles. The van der Waals surface area contributed by atoms with Gasteiger partial charge >= 0.3 is 5.97 Å². The Labute approximate surface area is 112 Å². The van der Waals surface area contributed by atoms with Crippen molar-refractivity contribution in [2.75, 3.05) is 31.0 Å². The smallest absolute Gasteiger partial charge is 0.341 e. The van der Waals surface area contributed by atoms with E-state index in [0.717, 1.165) is 0 Å². The number of anilines is 1. The highest BCUT2D eigenvalue weighted by atomic mass is 32.2. The van der Waals surface area contributed by atoms with Gasteiger partial charge in [-0.3, -0.25) is 0 Å². The van der Waals surface area contributed by atoms with Gasteiger partial charge in [0, 0.05) is 17.5 Å². The van der Waals surface area contributed by atoms with Crippen LogP contribution in [0.4, 0.5) is 5.69 Å². The van der Waals surface area contributed by atoms with Gasteiger partial charge in [-0.25, -0.2) is 13.2 Å². The van der Waals surface area contributed by atoms with Gasteiger partial charge in [0.1, 0.15) is 17.9 Å². The molecule has 0 heterocycles. The molecule has 7 heteroatoms. The number of sulfone groups is 1. The molecule has 1 aromatic rings. The van der Waals surface area contributed by atoms with Gasteiger partial charge in [-0.05, 0) is 12.1 Å². The van der Waals surface area contributed by atoms with Gasteiger partial charge in [0.25, 0.3) is 0 Å². The third-order valence-corrected chi connectivity index (χ3v) is 4.18. The van der Waals surface area contributed by atoms with Gasteiger partial charge < -0.3 is 15.2 Å². The van der Waals surface area contributed by atoms with E-state index in [0.29, 0.717) is 11.4 Å². The number of carbonyl (C=O) groups excluding carboxylic acids is 1. The maximum Gasteiger partial charge on any atom is 0.341 e. The van der Waals surface area contributed by atoms with Crippen LogP contribution < -0.4 is 10.5 Å². The van der Waals surface area contributed by atoms with E-state index in [1.54, 1.807) is 13.0 Å². The molecule has 0 radical (unpaired) electrons. The lowest BCUT2D eigenvalue weighted by Crippen LogP contribution is -2.17. The second kappa shape index (κ2) is 6.42. The van der Waals surface area contributed by atoms with Crippen LogP contribution in [0.1, 0.15) is 17.3 Å². The topological polar surface area (TPSA) is 95.7 Å². The predicted octanol–water partition coefficient (Wildman–Crippen LogP) is 0.869. The summed E-state index contributed by atoms with van der Waals surface area (Å²) in [5.74, 6) is -0.506. The quantitative estimate of drug-likeness (QED) is 0.616. The van der Waals surface area contributed by atoms with Crippen molar-refractivity contribution in [3.8, 4) is 5.75 Å². The standard InChI is InChI=1S/C12H17NO5S/c1-3-19(15,16)7-6-18-12(14)10-5-4-9(13)8-11(10)17-2/h4-5,8H,3,6-7,13H2,1-2H3. The average Bonchev–Trinajstić information content (AvgIpc) is 2.38. The van der Waals surface area contributed by atoms with Crippen LogP contribution in [0, 0.1) is 0 Å². The number of carbonyl (C=O) groups is 1. The van der Waals surface area contributed by atoms with Crippen LogP contribution in [0.2, 0.25) is 0 Å². The fourth-order valence-corrected chi connectivity index (χ4v) is 1.99. The molecule has 0 aliphatic rings. The van der Waals surface area contributed by atoms with Crippen molar-refractivity contribution in [3.63, 3.8) is 0 Å². The Bertz CT molecular complexity index is 553. The largest absolute Gasteiger partial charge is 0.496 e. The summed E-state index contributed by atoms with van der Waals surface area (Å²) in [4.78, 5) is 11.8. The zero-order chi connectivity index (χ0) is 14.5. The Kier molecular flexibility index (Phi) is 5.17. The van der Waals surface area contributed by atoms with Gasteiger partial charge in [-0.1, -0.05) is 6.92 Å². The summed E-state index contributed by atoms with van der Waals surface area (Å²) in [5.41, 5.74) is 6.24. The normalized spacial score (nSPS) is 11.1. The van der Waals surface area contributed by atoms with E-state index in [9.17, 15) is 13.2 Å². The minimum Gasteiger partial charge on any atom is -0.496 e. The summed E-state index contributed by atoms with van der Waals surface area (Å²) in [6, 6.07) is 4.52. The van der Waals surface area contributed by atoms with Crippen molar-refractivity contribution in [1.29, 1.82) is 0 Å². The van der Waals surface area contributed by atoms with Crippen LogP contribution >= 0.6 is 0 Å². The zero-order valence-corrected chi connectivity index (χ0v) is 11.7. The first-order valence-electron chi connectivity index (χ1n) is 5.70. The van der Waals surface area contributed by atoms with Gasteiger partial charge in [-0.15, -0.1) is 0 Å². The molecule has 19 heavy (non-hydrogen) atoms. The minimum atomic E-state index is -3.15. The number of methoxy groups -OCH3 is 1. The number of nitrogens with two attached hydrogens (primary N) is 1. The Morgan fingerprint density at radius 3 is 2.63 bits per heavy atom. The summed E-state index contributed by atoms with van der Waals surface area (Å²) in [5, 5.41) is 0. The Morgan fingerprint density at radius 1 is 1.37 bits per heavy atom. The van der Waals surface area contributed by atoms with E-state index in [4.69, 9.17) is 15.2 Å². The van der Waals surface area contributed by atoms with Crippen molar-refractivity contribution in [2.24, 2.45) is 0 Å². The molecular weight excluding hydrogens is 270 g/mol. The van der Waals surface area contributed by atoms with E-state index < -0.39 is 15.8 Å². The van der Waals surface area contributed by atoms with Crippen LogP contribution in [0.25, 0.3) is 0 Å². The summed E-state index contributed by atoms with van der Waals surface area (Å²) in [6.07, 6.45) is 0. The van der Waals surface area contributed by atoms with Gasteiger partial charge in [0.05, 0.1) is 12.9 Å². The summed E-state index contributed by atoms with van der Waals surface area (Å²) in [6.45, 7) is 1.36. The second-order valence-electron chi connectivity index (χ2n) is 3.83. The highest BCUT2D eigenvalue weighted by molar-refractivity contribution is 7.91. The molecular formula is C12H17NO5S. The van der Waals surface area contributed by atoms with Crippen LogP contribution in [0.3, 0.4) is 0 Å². The number of hydrogen-bond donors (Lipinski definition) is 1. The Morgan fingerprint density at radius 2 is 2.05 bits per heavy atom. The molecule has 0 saturated heterocycles. The minimum absolute atomic E-state index is 0.0236. The molecule has 0 unspecified atom stereocenters. The van der Waals surface area contributed by atoms with Gasteiger partial charge in [-0.2, -0.15) is 0 Å². The third kappa shape index (κ3) is 4.44. The van der Waals surface area contributed by atoms with Crippen molar-refractivity contribution in [2.45, 2.75) is 6.92 Å². The molecule has 0 aromatic heterocycles. The van der Waals surface area contributed by atoms with E-state index in [-0.39, 0.29) is 23.7 Å². The van der Waals surface area contributed by atoms with Gasteiger partial charge in [0.2, 0.25) is 0 Å². The number of ether oxygens (including phenoxy) is 2. The van der Waals surface area contributed by atoms with E-state index in [1.807, 2.05) is 0 Å². The second-order valence-corrected chi connectivity index (χ2v) is 6.30. The molecule has 0 atom stereocenters. The van der Waals surface area contributed by atoms with E-state index >= 15 is 0 Å². The summed E-state index contributed by atoms with van der Waals surface area (Å²) >= 11 is 0. The van der Waals surface area contributed by atoms with Crippen molar-refractivity contribution in [1.82, 2.24) is 0 Å². The molecule has 0 amide bonds. The van der Waals surface area contributed by atoms with Crippen LogP contribution in [-0.2, 0) is 14.6 Å². The first-order chi connectivity index (χ1) is 8.89. The predicted molar refractivity (Wildman–Crippen MR) is 72.0 cm³/mol. The molecule has 106 valence electrons. The number of hydrogen-bond acceptors (Lipinski definition) is 6. The Balaban J connectivity index is 2.69. The monoisotopic (exact) mass is 287 g/mol. The maximum atomic E-state index is 11.8. The number of rotatable bonds is 6. The molecule has 0 bridgehead atoms. The molecule has 0 spiro atoms. The van der Waals surface area contributed by atoms with Crippen LogP contribution in [0.5, 0.6) is 5.75 Å². The van der Waals surface area contributed by atoms with E-state index in [2.05, 4.69) is 0 Å². The summed E-state index contributed by atoms with van der Waals surface area (Å²) in [7, 11) is -1.74. The highest BCUT2D eigenvalue weighted by Crippen LogP contribution is 2.22. The van der Waals surface area contributed by atoms with Crippen molar-refractivity contribution in [3.05, 3.63) is 23.8 Å². The fraction of sp³-hybridized carbons (Fsp3) is 0.417. The zero-order valence-electron chi connectivity index (χ0n) is 10.9. The molecule has 6 nitrogen and oxygen atoms in total. The lowest BCUT2D eigenvalue weighted by molar-refractivity contribution is 0.0525. The van der Waals surface area contributed by atoms with Crippen molar-refractivity contribution >= 4 is 21.5 Å². The average molecular weight is 287 g/mol. The number of nitrogen functional groups attached to an aromatic ring is 1. The summed E-state index contributed by atoms with van der Waals surface area (Å²) < 4.78 is 32.4. The molecule has 2 N–H and O–H groups in total. The lowest BCUT2D eigenvalue weighted by Gasteiger charge is -2.09. The number of benzene rings is 1. The first-order valence-corrected chi connectivity index (χ1v) is 7.53. The fourth-order valence-electron chi connectivity index (χ4n) is 1.36. The lowest BCUT2D eigenvalue weighted by atomic mass is 10.2. The molecule has 0 fully saturated rings. The van der Waals surface area contributed by atoms with Crippen LogP contribution in [0.15, 0.2) is 18.2 Å². The van der Waals surface area contributed by atoms with Gasteiger partial charge in [0.15, 0.2) is 9.84 Å². The third-order valence-electron chi connectivity index (χ3n) is 2.51. The molecule has 1 aromatic carbocycles. The van der Waals surface area contributed by atoms with E-state index in [1.165, 1.54) is 19.2 Å². The molecule has 1 rings (SSSR count). The number of esters is 1. The maximum absolute atomic E-state index is 11.8. The first kappa shape index (κ1) is 15.3. The highest BCUT2D eigenvalue weighted by Gasteiger charge is 2.15. The Hall–Kier alpha value is -1.76. The van der Waals surface area contributed by atoms with Crippen molar-refractivity contribution < 1.29 is 22.7 Å². The molecule has 0 saturated carbocycles.